The van der Waals surface area contributed by atoms with Crippen molar-refractivity contribution in [2.75, 3.05) is 4.90 Å². The third-order valence-electron chi connectivity index (χ3n) is 4.02. The zero-order valence-corrected chi connectivity index (χ0v) is 13.4. The maximum Gasteiger partial charge on any atom is 0.573 e. The lowest BCUT2D eigenvalue weighted by Gasteiger charge is -2.19. The number of hydrogen-bond acceptors (Lipinski definition) is 3. The first-order valence-electron chi connectivity index (χ1n) is 7.71. The van der Waals surface area contributed by atoms with Crippen molar-refractivity contribution >= 4 is 17.6 Å². The summed E-state index contributed by atoms with van der Waals surface area (Å²) in [6.45, 7) is 0.0149. The predicted molar refractivity (Wildman–Crippen MR) is 85.8 cm³/mol. The van der Waals surface area contributed by atoms with Crippen molar-refractivity contribution in [1.29, 1.82) is 0 Å². The average Bonchev–Trinajstić information content (AvgIpc) is 2.79. The van der Waals surface area contributed by atoms with Crippen LogP contribution in [0.5, 0.6) is 5.75 Å². The molecule has 8 heteroatoms. The summed E-state index contributed by atoms with van der Waals surface area (Å²) >= 11 is 0. The lowest BCUT2D eigenvalue weighted by atomic mass is 9.97. The molecule has 0 fully saturated rings. The van der Waals surface area contributed by atoms with Gasteiger partial charge in [-0.2, -0.15) is 0 Å². The Balaban J connectivity index is 1.87. The smallest absolute Gasteiger partial charge is 0.481 e. The number of alkyl halides is 3. The largest absolute Gasteiger partial charge is 0.573 e. The number of para-hydroxylation sites is 1. The summed E-state index contributed by atoms with van der Waals surface area (Å²) in [5.41, 5.74) is 1.60. The predicted octanol–water partition coefficient (Wildman–Crippen LogP) is 3.69. The number of carbonyl (C=O) groups excluding carboxylic acids is 1. The summed E-state index contributed by atoms with van der Waals surface area (Å²) in [7, 11) is 0. The summed E-state index contributed by atoms with van der Waals surface area (Å²) < 4.78 is 41.0. The van der Waals surface area contributed by atoms with Gasteiger partial charge in [-0.05, 0) is 29.3 Å². The number of carboxylic acid groups (broad SMARTS) is 1. The van der Waals surface area contributed by atoms with E-state index in [4.69, 9.17) is 5.11 Å². The minimum atomic E-state index is -4.80. The quantitative estimate of drug-likeness (QED) is 0.878. The molecule has 0 radical (unpaired) electrons. The van der Waals surface area contributed by atoms with Gasteiger partial charge < -0.3 is 14.7 Å². The first kappa shape index (κ1) is 17.8. The number of halogens is 3. The van der Waals surface area contributed by atoms with Crippen LogP contribution in [0.3, 0.4) is 0 Å². The number of carboxylic acids is 1. The molecular formula is C18H14F3NO4. The molecule has 26 heavy (non-hydrogen) atoms. The first-order chi connectivity index (χ1) is 12.2. The number of fused-ring (bicyclic) bond motifs is 1. The van der Waals surface area contributed by atoms with Crippen molar-refractivity contribution in [2.24, 2.45) is 0 Å². The van der Waals surface area contributed by atoms with Crippen LogP contribution in [0.15, 0.2) is 48.5 Å². The number of carbonyl (C=O) groups is 2. The Morgan fingerprint density at radius 1 is 1.15 bits per heavy atom. The molecule has 0 aromatic heterocycles. The molecule has 1 atom stereocenters. The fourth-order valence-electron chi connectivity index (χ4n) is 3.03. The normalized spacial score (nSPS) is 16.5. The van der Waals surface area contributed by atoms with E-state index in [1.807, 2.05) is 0 Å². The zero-order valence-electron chi connectivity index (χ0n) is 13.4. The molecule has 0 aliphatic carbocycles. The lowest BCUT2D eigenvalue weighted by Crippen LogP contribution is -2.29. The van der Waals surface area contributed by atoms with Crippen LogP contribution < -0.4 is 9.64 Å². The van der Waals surface area contributed by atoms with Crippen LogP contribution in [-0.4, -0.2) is 23.3 Å². The van der Waals surface area contributed by atoms with Gasteiger partial charge in [-0.1, -0.05) is 30.3 Å². The Morgan fingerprint density at radius 2 is 1.88 bits per heavy atom. The highest BCUT2D eigenvalue weighted by molar-refractivity contribution is 6.06. The van der Waals surface area contributed by atoms with E-state index in [-0.39, 0.29) is 18.7 Å². The molecule has 5 nitrogen and oxygen atoms in total. The number of ether oxygens (including phenoxy) is 1. The first-order valence-corrected chi connectivity index (χ1v) is 7.71. The highest BCUT2D eigenvalue weighted by atomic mass is 19.4. The monoisotopic (exact) mass is 365 g/mol. The Hall–Kier alpha value is -3.03. The number of aliphatic carboxylic acids is 1. The molecule has 3 rings (SSSR count). The molecule has 1 aliphatic heterocycles. The molecule has 2 aromatic carbocycles. The van der Waals surface area contributed by atoms with Gasteiger partial charge in [0.25, 0.3) is 0 Å². The van der Waals surface area contributed by atoms with E-state index in [1.165, 1.54) is 23.1 Å². The zero-order chi connectivity index (χ0) is 18.9. The van der Waals surface area contributed by atoms with Crippen molar-refractivity contribution in [1.82, 2.24) is 0 Å². The minimum Gasteiger partial charge on any atom is -0.481 e. The van der Waals surface area contributed by atoms with Crippen LogP contribution in [0.25, 0.3) is 0 Å². The maximum absolute atomic E-state index is 12.7. The number of benzene rings is 2. The van der Waals surface area contributed by atoms with Crippen LogP contribution in [0, 0.1) is 0 Å². The second-order valence-electron chi connectivity index (χ2n) is 5.83. The van der Waals surface area contributed by atoms with Gasteiger partial charge in [0.2, 0.25) is 5.91 Å². The van der Waals surface area contributed by atoms with Crippen molar-refractivity contribution in [3.05, 3.63) is 59.7 Å². The van der Waals surface area contributed by atoms with Crippen LogP contribution in [0.4, 0.5) is 18.9 Å². The van der Waals surface area contributed by atoms with Crippen LogP contribution >= 0.6 is 0 Å². The van der Waals surface area contributed by atoms with Gasteiger partial charge in [0.1, 0.15) is 5.75 Å². The van der Waals surface area contributed by atoms with Crippen molar-refractivity contribution in [3.8, 4) is 5.75 Å². The molecule has 0 saturated carbocycles. The molecule has 0 saturated heterocycles. The molecule has 1 unspecified atom stereocenters. The summed E-state index contributed by atoms with van der Waals surface area (Å²) in [6.07, 6.45) is -5.15. The van der Waals surface area contributed by atoms with Crippen LogP contribution in [0.2, 0.25) is 0 Å². The summed E-state index contributed by atoms with van der Waals surface area (Å²) in [4.78, 5) is 25.1. The van der Waals surface area contributed by atoms with E-state index in [1.54, 1.807) is 30.3 Å². The second-order valence-corrected chi connectivity index (χ2v) is 5.83. The maximum atomic E-state index is 12.7. The number of nitrogens with zero attached hydrogens (tertiary/aromatic N) is 1. The average molecular weight is 365 g/mol. The van der Waals surface area contributed by atoms with Crippen molar-refractivity contribution in [3.63, 3.8) is 0 Å². The third kappa shape index (κ3) is 3.79. The number of anilines is 1. The number of hydrogen-bond donors (Lipinski definition) is 1. The van der Waals surface area contributed by atoms with E-state index >= 15 is 0 Å². The molecule has 1 heterocycles. The highest BCUT2D eigenvalue weighted by Crippen LogP contribution is 2.40. The van der Waals surface area contributed by atoms with Gasteiger partial charge in [-0.15, -0.1) is 13.2 Å². The Morgan fingerprint density at radius 3 is 2.58 bits per heavy atom. The molecule has 0 bridgehead atoms. The number of amides is 1. The SMILES string of the molecule is O=C(O)CC1C(=O)N(Cc2cccc(OC(F)(F)F)c2)c2ccccc21. The van der Waals surface area contributed by atoms with Gasteiger partial charge in [0.15, 0.2) is 0 Å². The molecule has 0 spiro atoms. The summed E-state index contributed by atoms with van der Waals surface area (Å²) in [5.74, 6) is -2.67. The van der Waals surface area contributed by atoms with Crippen LogP contribution in [-0.2, 0) is 16.1 Å². The molecule has 1 amide bonds. The third-order valence-corrected chi connectivity index (χ3v) is 4.02. The van der Waals surface area contributed by atoms with Crippen molar-refractivity contribution < 1.29 is 32.6 Å². The van der Waals surface area contributed by atoms with Gasteiger partial charge in [-0.25, -0.2) is 0 Å². The molecule has 136 valence electrons. The minimum absolute atomic E-state index is 0.0149. The Labute approximate surface area is 146 Å². The lowest BCUT2D eigenvalue weighted by molar-refractivity contribution is -0.274. The van der Waals surface area contributed by atoms with E-state index in [2.05, 4.69) is 4.74 Å². The van der Waals surface area contributed by atoms with E-state index in [9.17, 15) is 22.8 Å². The van der Waals surface area contributed by atoms with Gasteiger partial charge in [-0.3, -0.25) is 9.59 Å². The fourth-order valence-corrected chi connectivity index (χ4v) is 3.03. The van der Waals surface area contributed by atoms with Gasteiger partial charge in [0, 0.05) is 5.69 Å². The van der Waals surface area contributed by atoms with E-state index < -0.39 is 24.2 Å². The van der Waals surface area contributed by atoms with Gasteiger partial charge >= 0.3 is 12.3 Å². The molecule has 2 aromatic rings. The van der Waals surface area contributed by atoms with E-state index in [0.29, 0.717) is 16.8 Å². The number of rotatable bonds is 5. The highest BCUT2D eigenvalue weighted by Gasteiger charge is 2.38. The molecule has 1 aliphatic rings. The summed E-state index contributed by atoms with van der Waals surface area (Å²) in [5, 5.41) is 9.04. The Kier molecular flexibility index (Phi) is 4.58. The summed E-state index contributed by atoms with van der Waals surface area (Å²) in [6, 6.07) is 12.1. The molecule has 1 N–H and O–H groups in total. The topological polar surface area (TPSA) is 66.8 Å². The van der Waals surface area contributed by atoms with Crippen molar-refractivity contribution in [2.45, 2.75) is 25.2 Å². The Bertz CT molecular complexity index is 850. The molecular weight excluding hydrogens is 351 g/mol. The second kappa shape index (κ2) is 6.70. The fraction of sp³-hybridized carbons (Fsp3) is 0.222. The van der Waals surface area contributed by atoms with E-state index in [0.717, 1.165) is 0 Å². The standard InChI is InChI=1S/C18H14F3NO4/c19-18(20,21)26-12-5-3-4-11(8-12)10-22-15-7-2-1-6-13(15)14(17(22)25)9-16(23)24/h1-8,14H,9-10H2,(H,23,24). The van der Waals surface area contributed by atoms with Crippen LogP contribution in [0.1, 0.15) is 23.5 Å². The van der Waals surface area contributed by atoms with Gasteiger partial charge in [0.05, 0.1) is 18.9 Å².